The highest BCUT2D eigenvalue weighted by Crippen LogP contribution is 2.22. The second-order valence-electron chi connectivity index (χ2n) is 4.24. The fourth-order valence-electron chi connectivity index (χ4n) is 1.59. The van der Waals surface area contributed by atoms with E-state index in [1.54, 1.807) is 30.5 Å². The summed E-state index contributed by atoms with van der Waals surface area (Å²) in [6, 6.07) is 8.55. The van der Waals surface area contributed by atoms with Crippen LogP contribution in [0.15, 0.2) is 45.9 Å². The second kappa shape index (κ2) is 5.30. The number of nitrogens with zero attached hydrogens (tertiary/aromatic N) is 1. The molecular weight excluding hydrogens is 328 g/mol. The maximum atomic E-state index is 11.4. The van der Waals surface area contributed by atoms with Gasteiger partial charge in [-0.15, -0.1) is 0 Å². The zero-order valence-corrected chi connectivity index (χ0v) is 12.9. The van der Waals surface area contributed by atoms with Crippen LogP contribution in [0.25, 0.3) is 0 Å². The number of aromatic nitrogens is 1. The van der Waals surface area contributed by atoms with Gasteiger partial charge in [-0.3, -0.25) is 0 Å². The number of rotatable bonds is 3. The molecule has 1 N–H and O–H groups in total. The molecule has 19 heavy (non-hydrogen) atoms. The quantitative estimate of drug-likeness (QED) is 0.931. The first-order valence-electron chi connectivity index (χ1n) is 5.55. The standard InChI is InChI=1S/C13H13BrN2O2S/c1-9-7-10(14)8-15-13(9)16-11-3-5-12(6-4-11)19(2,17)18/h3-8H,1-2H3,(H,15,16). The van der Waals surface area contributed by atoms with E-state index in [0.29, 0.717) is 4.90 Å². The summed E-state index contributed by atoms with van der Waals surface area (Å²) in [5.74, 6) is 0.746. The van der Waals surface area contributed by atoms with Gasteiger partial charge in [0, 0.05) is 22.6 Å². The SMILES string of the molecule is Cc1cc(Br)cnc1Nc1ccc(S(C)(=O)=O)cc1. The number of sulfone groups is 1. The summed E-state index contributed by atoms with van der Waals surface area (Å²) in [5, 5.41) is 3.15. The number of nitrogens with one attached hydrogen (secondary N) is 1. The second-order valence-corrected chi connectivity index (χ2v) is 7.17. The van der Waals surface area contributed by atoms with Crippen molar-refractivity contribution in [1.82, 2.24) is 4.98 Å². The van der Waals surface area contributed by atoms with E-state index in [-0.39, 0.29) is 0 Å². The Morgan fingerprint density at radius 1 is 1.21 bits per heavy atom. The minimum absolute atomic E-state index is 0.304. The first-order chi connectivity index (χ1) is 8.86. The summed E-state index contributed by atoms with van der Waals surface area (Å²) in [7, 11) is -3.16. The number of hydrogen-bond acceptors (Lipinski definition) is 4. The lowest BCUT2D eigenvalue weighted by atomic mass is 10.2. The molecule has 0 atom stereocenters. The predicted octanol–water partition coefficient (Wildman–Crippen LogP) is 3.30. The van der Waals surface area contributed by atoms with Gasteiger partial charge in [0.25, 0.3) is 0 Å². The molecule has 0 unspecified atom stereocenters. The van der Waals surface area contributed by atoms with Crippen LogP contribution >= 0.6 is 15.9 Å². The van der Waals surface area contributed by atoms with Crippen LogP contribution in [0, 0.1) is 6.92 Å². The van der Waals surface area contributed by atoms with E-state index < -0.39 is 9.84 Å². The van der Waals surface area contributed by atoms with Crippen LogP contribution in [0.3, 0.4) is 0 Å². The highest BCUT2D eigenvalue weighted by Gasteiger charge is 2.07. The Bertz CT molecular complexity index is 697. The molecule has 0 spiro atoms. The number of pyridine rings is 1. The van der Waals surface area contributed by atoms with E-state index in [4.69, 9.17) is 0 Å². The van der Waals surface area contributed by atoms with Crippen molar-refractivity contribution >= 4 is 37.3 Å². The van der Waals surface area contributed by atoms with Crippen molar-refractivity contribution in [3.63, 3.8) is 0 Å². The average Bonchev–Trinajstić information content (AvgIpc) is 2.32. The third kappa shape index (κ3) is 3.54. The molecule has 1 aromatic carbocycles. The molecule has 0 saturated carbocycles. The maximum absolute atomic E-state index is 11.4. The topological polar surface area (TPSA) is 59.1 Å². The molecule has 4 nitrogen and oxygen atoms in total. The van der Waals surface area contributed by atoms with Crippen molar-refractivity contribution in [2.24, 2.45) is 0 Å². The summed E-state index contributed by atoms with van der Waals surface area (Å²) in [5.41, 5.74) is 1.80. The first kappa shape index (κ1) is 14.0. The van der Waals surface area contributed by atoms with Gasteiger partial charge in [0.2, 0.25) is 0 Å². The van der Waals surface area contributed by atoms with Gasteiger partial charge in [0.15, 0.2) is 9.84 Å². The van der Waals surface area contributed by atoms with Crippen molar-refractivity contribution in [2.45, 2.75) is 11.8 Å². The number of aryl methyl sites for hydroxylation is 1. The zero-order chi connectivity index (χ0) is 14.0. The molecule has 1 aromatic heterocycles. The molecule has 0 aliphatic rings. The van der Waals surface area contributed by atoms with E-state index in [2.05, 4.69) is 26.2 Å². The summed E-state index contributed by atoms with van der Waals surface area (Å²) in [4.78, 5) is 4.57. The third-order valence-electron chi connectivity index (χ3n) is 2.59. The van der Waals surface area contributed by atoms with Crippen molar-refractivity contribution < 1.29 is 8.42 Å². The van der Waals surface area contributed by atoms with Crippen LogP contribution in [0.2, 0.25) is 0 Å². The van der Waals surface area contributed by atoms with Crippen LogP contribution in [-0.4, -0.2) is 19.7 Å². The maximum Gasteiger partial charge on any atom is 0.175 e. The van der Waals surface area contributed by atoms with E-state index >= 15 is 0 Å². The van der Waals surface area contributed by atoms with E-state index in [0.717, 1.165) is 21.5 Å². The Morgan fingerprint density at radius 2 is 1.84 bits per heavy atom. The molecular formula is C13H13BrN2O2S. The molecule has 0 aliphatic heterocycles. The number of halogens is 1. The lowest BCUT2D eigenvalue weighted by Crippen LogP contribution is -1.99. The highest BCUT2D eigenvalue weighted by atomic mass is 79.9. The van der Waals surface area contributed by atoms with Gasteiger partial charge in [-0.2, -0.15) is 0 Å². The normalized spacial score (nSPS) is 11.3. The van der Waals surface area contributed by atoms with Gasteiger partial charge in [-0.25, -0.2) is 13.4 Å². The van der Waals surface area contributed by atoms with Crippen molar-refractivity contribution in [3.8, 4) is 0 Å². The number of benzene rings is 1. The monoisotopic (exact) mass is 340 g/mol. The fourth-order valence-corrected chi connectivity index (χ4v) is 2.67. The van der Waals surface area contributed by atoms with Gasteiger partial charge in [-0.05, 0) is 58.7 Å². The summed E-state index contributed by atoms with van der Waals surface area (Å²) in [6.07, 6.45) is 2.90. The molecule has 6 heteroatoms. The summed E-state index contributed by atoms with van der Waals surface area (Å²) in [6.45, 7) is 1.95. The molecule has 0 amide bonds. The Labute approximate surface area is 120 Å². The molecule has 2 rings (SSSR count). The third-order valence-corrected chi connectivity index (χ3v) is 4.15. The lowest BCUT2D eigenvalue weighted by molar-refractivity contribution is 0.602. The Kier molecular flexibility index (Phi) is 3.91. The van der Waals surface area contributed by atoms with Gasteiger partial charge in [0.05, 0.1) is 4.90 Å². The molecule has 1 heterocycles. The van der Waals surface area contributed by atoms with Crippen LogP contribution in [0.1, 0.15) is 5.56 Å². The van der Waals surface area contributed by atoms with Gasteiger partial charge < -0.3 is 5.32 Å². The first-order valence-corrected chi connectivity index (χ1v) is 8.24. The molecule has 0 radical (unpaired) electrons. The molecule has 100 valence electrons. The van der Waals surface area contributed by atoms with Crippen molar-refractivity contribution in [3.05, 3.63) is 46.6 Å². The molecule has 0 saturated heterocycles. The van der Waals surface area contributed by atoms with Crippen LogP contribution in [0.4, 0.5) is 11.5 Å². The lowest BCUT2D eigenvalue weighted by Gasteiger charge is -2.09. The van der Waals surface area contributed by atoms with E-state index in [1.807, 2.05) is 13.0 Å². The highest BCUT2D eigenvalue weighted by molar-refractivity contribution is 9.10. The van der Waals surface area contributed by atoms with Gasteiger partial charge in [0.1, 0.15) is 5.82 Å². The molecule has 0 fully saturated rings. The van der Waals surface area contributed by atoms with Crippen molar-refractivity contribution in [2.75, 3.05) is 11.6 Å². The fraction of sp³-hybridized carbons (Fsp3) is 0.154. The zero-order valence-electron chi connectivity index (χ0n) is 10.5. The smallest absolute Gasteiger partial charge is 0.175 e. The molecule has 0 bridgehead atoms. The van der Waals surface area contributed by atoms with E-state index in [9.17, 15) is 8.42 Å². The Morgan fingerprint density at radius 3 is 2.37 bits per heavy atom. The van der Waals surface area contributed by atoms with Crippen LogP contribution in [-0.2, 0) is 9.84 Å². The van der Waals surface area contributed by atoms with Crippen LogP contribution < -0.4 is 5.32 Å². The van der Waals surface area contributed by atoms with Crippen molar-refractivity contribution in [1.29, 1.82) is 0 Å². The average molecular weight is 341 g/mol. The minimum Gasteiger partial charge on any atom is -0.340 e. The van der Waals surface area contributed by atoms with Gasteiger partial charge >= 0.3 is 0 Å². The van der Waals surface area contributed by atoms with Gasteiger partial charge in [-0.1, -0.05) is 0 Å². The van der Waals surface area contributed by atoms with Crippen LogP contribution in [0.5, 0.6) is 0 Å². The Hall–Kier alpha value is -1.40. The number of anilines is 2. The molecule has 2 aromatic rings. The Balaban J connectivity index is 2.25. The predicted molar refractivity (Wildman–Crippen MR) is 79.5 cm³/mol. The number of hydrogen-bond donors (Lipinski definition) is 1. The minimum atomic E-state index is -3.16. The summed E-state index contributed by atoms with van der Waals surface area (Å²) >= 11 is 3.36. The molecule has 0 aliphatic carbocycles. The largest absolute Gasteiger partial charge is 0.340 e. The van der Waals surface area contributed by atoms with E-state index in [1.165, 1.54) is 6.26 Å². The summed E-state index contributed by atoms with van der Waals surface area (Å²) < 4.78 is 23.6.